The van der Waals surface area contributed by atoms with Gasteiger partial charge in [-0.3, -0.25) is 4.90 Å². The van der Waals surface area contributed by atoms with E-state index >= 15 is 0 Å². The molecule has 0 N–H and O–H groups in total. The maximum atomic E-state index is 5.04. The Morgan fingerprint density at radius 3 is 2.64 bits per heavy atom. The second kappa shape index (κ2) is 5.82. The van der Waals surface area contributed by atoms with Gasteiger partial charge in [-0.15, -0.1) is 0 Å². The number of hydrogen-bond acceptors (Lipinski definition) is 2. The zero-order valence-electron chi connectivity index (χ0n) is 7.48. The zero-order chi connectivity index (χ0) is 8.69. The van der Waals surface area contributed by atoms with Crippen molar-refractivity contribution >= 4 is 0 Å². The van der Waals surface area contributed by atoms with Gasteiger partial charge in [0.05, 0.1) is 13.2 Å². The lowest BCUT2D eigenvalue weighted by atomic mass is 10.5. The first-order chi connectivity index (χ1) is 5.16. The van der Waals surface area contributed by atoms with Crippen LogP contribution in [0.5, 0.6) is 0 Å². The summed E-state index contributed by atoms with van der Waals surface area (Å²) >= 11 is 0. The Morgan fingerprint density at radius 2 is 2.18 bits per heavy atom. The lowest BCUT2D eigenvalue weighted by molar-refractivity contribution is 0.247. The second-order valence-electron chi connectivity index (χ2n) is 2.40. The van der Waals surface area contributed by atoms with Gasteiger partial charge in [0.1, 0.15) is 0 Å². The van der Waals surface area contributed by atoms with Gasteiger partial charge in [0.2, 0.25) is 0 Å². The van der Waals surface area contributed by atoms with Crippen molar-refractivity contribution < 1.29 is 4.74 Å². The normalized spacial score (nSPS) is 8.73. The third-order valence-corrected chi connectivity index (χ3v) is 0.942. The summed E-state index contributed by atoms with van der Waals surface area (Å²) in [4.78, 5) is 1.99. The van der Waals surface area contributed by atoms with E-state index in [-0.39, 0.29) is 0 Å². The largest absolute Gasteiger partial charge is 0.486 e. The van der Waals surface area contributed by atoms with Crippen LogP contribution in [-0.4, -0.2) is 32.1 Å². The van der Waals surface area contributed by atoms with Crippen molar-refractivity contribution in [3.63, 3.8) is 0 Å². The van der Waals surface area contributed by atoms with E-state index in [0.717, 1.165) is 6.54 Å². The zero-order valence-corrected chi connectivity index (χ0v) is 7.48. The molecule has 0 aliphatic carbocycles. The number of ether oxygens (including phenoxy) is 1. The Hall–Kier alpha value is -0.940. The minimum atomic E-state index is 0.550. The van der Waals surface area contributed by atoms with E-state index in [1.807, 2.05) is 25.9 Å². The average Bonchev–Trinajstić information content (AvgIpc) is 1.87. The molecule has 2 heteroatoms. The molecule has 0 saturated carbocycles. The highest BCUT2D eigenvalue weighted by Gasteiger charge is 1.84. The molecule has 0 fully saturated rings. The van der Waals surface area contributed by atoms with Crippen LogP contribution in [0.3, 0.4) is 0 Å². The van der Waals surface area contributed by atoms with Crippen molar-refractivity contribution in [3.05, 3.63) is 12.3 Å². The van der Waals surface area contributed by atoms with E-state index in [1.54, 1.807) is 0 Å². The van der Waals surface area contributed by atoms with E-state index in [1.165, 1.54) is 0 Å². The molecule has 0 atom stereocenters. The molecule has 0 aliphatic rings. The molecular weight excluding hydrogens is 138 g/mol. The van der Waals surface area contributed by atoms with Gasteiger partial charge >= 0.3 is 0 Å². The highest BCUT2D eigenvalue weighted by atomic mass is 16.5. The molecule has 0 aromatic rings. The van der Waals surface area contributed by atoms with Gasteiger partial charge in [0.25, 0.3) is 0 Å². The molecule has 0 amide bonds. The highest BCUT2D eigenvalue weighted by molar-refractivity contribution is 5.20. The van der Waals surface area contributed by atoms with E-state index in [2.05, 4.69) is 18.4 Å². The van der Waals surface area contributed by atoms with Crippen LogP contribution in [-0.2, 0) is 4.74 Å². The number of allylic oxidation sites excluding steroid dienone is 1. The molecule has 0 radical (unpaired) electrons. The van der Waals surface area contributed by atoms with Crippen LogP contribution in [0, 0.1) is 11.8 Å². The first-order valence-corrected chi connectivity index (χ1v) is 3.62. The fraction of sp³-hybridized carbons (Fsp3) is 0.556. The summed E-state index contributed by atoms with van der Waals surface area (Å²) < 4.78 is 5.04. The average molecular weight is 153 g/mol. The molecule has 0 bridgehead atoms. The monoisotopic (exact) mass is 153 g/mol. The van der Waals surface area contributed by atoms with Crippen LogP contribution in [0.15, 0.2) is 12.3 Å². The fourth-order valence-corrected chi connectivity index (χ4v) is 0.507. The summed E-state index contributed by atoms with van der Waals surface area (Å²) in [6.07, 6.45) is 0. The molecule has 62 valence electrons. The molecule has 0 aromatic heterocycles. The predicted octanol–water partition coefficient (Wildman–Crippen LogP) is 1.10. The third-order valence-electron chi connectivity index (χ3n) is 0.942. The van der Waals surface area contributed by atoms with Gasteiger partial charge in [0, 0.05) is 0 Å². The van der Waals surface area contributed by atoms with Crippen LogP contribution in [0.1, 0.15) is 6.92 Å². The van der Waals surface area contributed by atoms with Crippen molar-refractivity contribution in [1.82, 2.24) is 4.90 Å². The summed E-state index contributed by atoms with van der Waals surface area (Å²) in [5.41, 5.74) is 0. The van der Waals surface area contributed by atoms with Gasteiger partial charge in [-0.25, -0.2) is 0 Å². The summed E-state index contributed by atoms with van der Waals surface area (Å²) in [7, 11) is 3.94. The Bertz CT molecular complexity index is 174. The Balaban J connectivity index is 3.60. The molecule has 0 heterocycles. The van der Waals surface area contributed by atoms with Crippen molar-refractivity contribution in [2.24, 2.45) is 0 Å². The Morgan fingerprint density at radius 1 is 1.55 bits per heavy atom. The van der Waals surface area contributed by atoms with Gasteiger partial charge in [0.15, 0.2) is 5.76 Å². The summed E-state index contributed by atoms with van der Waals surface area (Å²) in [5.74, 6) is 6.28. The lowest BCUT2D eigenvalue weighted by Gasteiger charge is -2.01. The van der Waals surface area contributed by atoms with Gasteiger partial charge < -0.3 is 4.74 Å². The summed E-state index contributed by atoms with van der Waals surface area (Å²) in [6.45, 7) is 6.92. The van der Waals surface area contributed by atoms with E-state index in [4.69, 9.17) is 4.74 Å². The lowest BCUT2D eigenvalue weighted by Crippen LogP contribution is -2.10. The Labute approximate surface area is 68.8 Å². The summed E-state index contributed by atoms with van der Waals surface area (Å²) in [6, 6.07) is 0. The van der Waals surface area contributed by atoms with Crippen molar-refractivity contribution in [2.75, 3.05) is 27.2 Å². The van der Waals surface area contributed by atoms with E-state index in [0.29, 0.717) is 12.4 Å². The standard InChI is InChI=1S/C9H15NO/c1-5-11-9(2)7-6-8-10(3)4/h2,5,8H2,1,3-4H3. The van der Waals surface area contributed by atoms with Crippen LogP contribution in [0.4, 0.5) is 0 Å². The van der Waals surface area contributed by atoms with Gasteiger partial charge in [-0.05, 0) is 33.5 Å². The van der Waals surface area contributed by atoms with Crippen LogP contribution in [0.25, 0.3) is 0 Å². The molecule has 0 aromatic carbocycles. The van der Waals surface area contributed by atoms with Crippen LogP contribution in [0.2, 0.25) is 0 Å². The van der Waals surface area contributed by atoms with Gasteiger partial charge in [-0.2, -0.15) is 0 Å². The molecule has 11 heavy (non-hydrogen) atoms. The highest BCUT2D eigenvalue weighted by Crippen LogP contribution is 1.88. The van der Waals surface area contributed by atoms with Crippen molar-refractivity contribution in [3.8, 4) is 11.8 Å². The SMILES string of the molecule is C=C(C#CCN(C)C)OCC. The van der Waals surface area contributed by atoms with Crippen LogP contribution < -0.4 is 0 Å². The molecule has 0 unspecified atom stereocenters. The predicted molar refractivity (Wildman–Crippen MR) is 47.1 cm³/mol. The first-order valence-electron chi connectivity index (χ1n) is 3.62. The molecule has 0 saturated heterocycles. The maximum absolute atomic E-state index is 5.04. The minimum absolute atomic E-state index is 0.550. The quantitative estimate of drug-likeness (QED) is 0.444. The maximum Gasteiger partial charge on any atom is 0.162 e. The number of hydrogen-bond donors (Lipinski definition) is 0. The topological polar surface area (TPSA) is 12.5 Å². The van der Waals surface area contributed by atoms with Crippen LogP contribution >= 0.6 is 0 Å². The fourth-order valence-electron chi connectivity index (χ4n) is 0.507. The second-order valence-corrected chi connectivity index (χ2v) is 2.40. The summed E-state index contributed by atoms with van der Waals surface area (Å²) in [5, 5.41) is 0. The number of rotatable bonds is 3. The Kier molecular flexibility index (Phi) is 5.32. The van der Waals surface area contributed by atoms with Gasteiger partial charge in [-0.1, -0.05) is 5.92 Å². The van der Waals surface area contributed by atoms with E-state index < -0.39 is 0 Å². The molecule has 0 rings (SSSR count). The minimum Gasteiger partial charge on any atom is -0.486 e. The molecule has 0 spiro atoms. The first kappa shape index (κ1) is 10.1. The van der Waals surface area contributed by atoms with Crippen molar-refractivity contribution in [1.29, 1.82) is 0 Å². The smallest absolute Gasteiger partial charge is 0.162 e. The third kappa shape index (κ3) is 6.95. The van der Waals surface area contributed by atoms with E-state index in [9.17, 15) is 0 Å². The molecule has 0 aliphatic heterocycles. The molecular formula is C9H15NO. The molecule has 2 nitrogen and oxygen atoms in total. The van der Waals surface area contributed by atoms with Crippen molar-refractivity contribution in [2.45, 2.75) is 6.92 Å². The number of nitrogens with zero attached hydrogens (tertiary/aromatic N) is 1.